The number of nitrogens with one attached hydrogen (secondary N) is 1. The minimum atomic E-state index is -0.701. The molecule has 0 aliphatic heterocycles. The lowest BCUT2D eigenvalue weighted by Gasteiger charge is -2.09. The number of anilines is 1. The van der Waals surface area contributed by atoms with Crippen LogP contribution in [0.5, 0.6) is 0 Å². The van der Waals surface area contributed by atoms with Crippen molar-refractivity contribution in [1.82, 2.24) is 0 Å². The molecular formula is C22H22FNO6. The van der Waals surface area contributed by atoms with Crippen LogP contribution in [0.25, 0.3) is 0 Å². The van der Waals surface area contributed by atoms with Gasteiger partial charge in [0.1, 0.15) is 5.82 Å². The van der Waals surface area contributed by atoms with E-state index in [0.29, 0.717) is 16.8 Å². The number of carbonyl (C=O) groups excluding carboxylic acids is 4. The van der Waals surface area contributed by atoms with Gasteiger partial charge in [0.05, 0.1) is 18.1 Å². The van der Waals surface area contributed by atoms with Gasteiger partial charge in [0.2, 0.25) is 0 Å². The zero-order valence-corrected chi connectivity index (χ0v) is 16.6. The number of rotatable bonds is 9. The predicted octanol–water partition coefficient (Wildman–Crippen LogP) is 3.54. The number of ether oxygens (including phenoxy) is 2. The molecule has 0 bridgehead atoms. The molecule has 0 aliphatic carbocycles. The number of benzene rings is 2. The van der Waals surface area contributed by atoms with Crippen molar-refractivity contribution in [2.45, 2.75) is 32.8 Å². The zero-order chi connectivity index (χ0) is 22.1. The van der Waals surface area contributed by atoms with Gasteiger partial charge < -0.3 is 14.8 Å². The van der Waals surface area contributed by atoms with Crippen LogP contribution in [-0.2, 0) is 19.1 Å². The van der Waals surface area contributed by atoms with Crippen molar-refractivity contribution in [1.29, 1.82) is 0 Å². The molecule has 2 aromatic carbocycles. The van der Waals surface area contributed by atoms with Gasteiger partial charge in [-0.25, -0.2) is 9.18 Å². The Balaban J connectivity index is 1.73. The lowest BCUT2D eigenvalue weighted by atomic mass is 10.1. The molecule has 0 aromatic heterocycles. The number of hydrogen-bond donors (Lipinski definition) is 1. The molecule has 0 spiro atoms. The Bertz CT molecular complexity index is 906. The molecule has 0 aliphatic rings. The first kappa shape index (κ1) is 22.7. The normalized spacial score (nSPS) is 10.4. The van der Waals surface area contributed by atoms with Crippen molar-refractivity contribution in [3.63, 3.8) is 0 Å². The van der Waals surface area contributed by atoms with Crippen molar-refractivity contribution in [3.8, 4) is 0 Å². The highest BCUT2D eigenvalue weighted by Gasteiger charge is 2.13. The van der Waals surface area contributed by atoms with Crippen LogP contribution in [0.2, 0.25) is 0 Å². The first-order valence-electron chi connectivity index (χ1n) is 9.30. The Morgan fingerprint density at radius 2 is 1.50 bits per heavy atom. The fourth-order valence-corrected chi connectivity index (χ4v) is 2.38. The van der Waals surface area contributed by atoms with E-state index < -0.39 is 30.3 Å². The molecule has 0 fully saturated rings. The summed E-state index contributed by atoms with van der Waals surface area (Å²) in [6.45, 7) is 2.97. The van der Waals surface area contributed by atoms with E-state index in [1.165, 1.54) is 36.4 Å². The Morgan fingerprint density at radius 1 is 0.900 bits per heavy atom. The maximum absolute atomic E-state index is 12.9. The Labute approximate surface area is 173 Å². The number of carbonyl (C=O) groups is 4. The standard InChI is InChI=1S/C22H22FNO6/c1-14(2)30-22(28)16-5-9-18(10-6-16)24-20(26)13-29-21(27)12-11-19(25)15-3-7-17(23)8-4-15/h3-10,14H,11-13H2,1-2H3,(H,24,26). The van der Waals surface area contributed by atoms with Gasteiger partial charge in [-0.05, 0) is 62.4 Å². The molecule has 2 aromatic rings. The number of esters is 2. The minimum absolute atomic E-state index is 0.111. The van der Waals surface area contributed by atoms with E-state index >= 15 is 0 Å². The van der Waals surface area contributed by atoms with E-state index in [1.54, 1.807) is 13.8 Å². The predicted molar refractivity (Wildman–Crippen MR) is 107 cm³/mol. The van der Waals surface area contributed by atoms with Gasteiger partial charge in [-0.2, -0.15) is 0 Å². The van der Waals surface area contributed by atoms with Crippen LogP contribution in [0.3, 0.4) is 0 Å². The summed E-state index contributed by atoms with van der Waals surface area (Å²) in [6, 6.07) is 11.1. The van der Waals surface area contributed by atoms with E-state index in [0.717, 1.165) is 12.1 Å². The molecule has 30 heavy (non-hydrogen) atoms. The summed E-state index contributed by atoms with van der Waals surface area (Å²) in [4.78, 5) is 47.3. The highest BCUT2D eigenvalue weighted by molar-refractivity contribution is 5.98. The molecule has 0 radical (unpaired) electrons. The summed E-state index contributed by atoms with van der Waals surface area (Å²) >= 11 is 0. The SMILES string of the molecule is CC(C)OC(=O)c1ccc(NC(=O)COC(=O)CCC(=O)c2ccc(F)cc2)cc1. The summed E-state index contributed by atoms with van der Waals surface area (Å²) in [7, 11) is 0. The van der Waals surface area contributed by atoms with Crippen LogP contribution in [-0.4, -0.2) is 36.3 Å². The van der Waals surface area contributed by atoms with Crippen molar-refractivity contribution < 1.29 is 33.0 Å². The Morgan fingerprint density at radius 3 is 2.10 bits per heavy atom. The van der Waals surface area contributed by atoms with Crippen molar-refractivity contribution >= 4 is 29.3 Å². The van der Waals surface area contributed by atoms with Crippen molar-refractivity contribution in [2.24, 2.45) is 0 Å². The van der Waals surface area contributed by atoms with E-state index in [9.17, 15) is 23.6 Å². The maximum Gasteiger partial charge on any atom is 0.338 e. The van der Waals surface area contributed by atoms with Crippen LogP contribution >= 0.6 is 0 Å². The van der Waals surface area contributed by atoms with Gasteiger partial charge in [-0.15, -0.1) is 0 Å². The molecule has 2 rings (SSSR count). The summed E-state index contributed by atoms with van der Waals surface area (Å²) in [5.41, 5.74) is 1.06. The van der Waals surface area contributed by atoms with E-state index in [1.807, 2.05) is 0 Å². The summed E-state index contributed by atoms with van der Waals surface area (Å²) in [6.07, 6.45) is -0.548. The number of Topliss-reactive ketones (excluding diaryl/α,β-unsaturated/α-hetero) is 1. The van der Waals surface area contributed by atoms with Crippen LogP contribution in [0.4, 0.5) is 10.1 Å². The monoisotopic (exact) mass is 415 g/mol. The molecule has 1 N–H and O–H groups in total. The average Bonchev–Trinajstić information content (AvgIpc) is 2.71. The molecule has 0 saturated heterocycles. The molecule has 7 nitrogen and oxygen atoms in total. The van der Waals surface area contributed by atoms with Gasteiger partial charge in [0.25, 0.3) is 5.91 Å². The topological polar surface area (TPSA) is 98.8 Å². The van der Waals surface area contributed by atoms with Crippen LogP contribution < -0.4 is 5.32 Å². The fourth-order valence-electron chi connectivity index (χ4n) is 2.38. The summed E-state index contributed by atoms with van der Waals surface area (Å²) in [5.74, 6) is -2.51. The molecule has 1 amide bonds. The van der Waals surface area contributed by atoms with Crippen LogP contribution in [0.1, 0.15) is 47.4 Å². The molecule has 0 atom stereocenters. The fraction of sp³-hybridized carbons (Fsp3) is 0.273. The van der Waals surface area contributed by atoms with Gasteiger partial charge in [0.15, 0.2) is 12.4 Å². The highest BCUT2D eigenvalue weighted by Crippen LogP contribution is 2.12. The average molecular weight is 415 g/mol. The molecular weight excluding hydrogens is 393 g/mol. The van der Waals surface area contributed by atoms with Gasteiger partial charge >= 0.3 is 11.9 Å². The highest BCUT2D eigenvalue weighted by atomic mass is 19.1. The van der Waals surface area contributed by atoms with Gasteiger partial charge in [-0.3, -0.25) is 14.4 Å². The smallest absolute Gasteiger partial charge is 0.338 e. The number of amides is 1. The summed E-state index contributed by atoms with van der Waals surface area (Å²) in [5, 5.41) is 2.53. The Hall–Kier alpha value is -3.55. The van der Waals surface area contributed by atoms with E-state index in [2.05, 4.69) is 5.32 Å². The van der Waals surface area contributed by atoms with Crippen LogP contribution in [0.15, 0.2) is 48.5 Å². The Kier molecular flexibility index (Phi) is 8.22. The van der Waals surface area contributed by atoms with Crippen molar-refractivity contribution in [3.05, 3.63) is 65.5 Å². The summed E-state index contributed by atoms with van der Waals surface area (Å²) < 4.78 is 22.8. The lowest BCUT2D eigenvalue weighted by molar-refractivity contribution is -0.147. The first-order chi connectivity index (χ1) is 14.2. The van der Waals surface area contributed by atoms with E-state index in [4.69, 9.17) is 9.47 Å². The molecule has 0 unspecified atom stereocenters. The minimum Gasteiger partial charge on any atom is -0.459 e. The largest absolute Gasteiger partial charge is 0.459 e. The quantitative estimate of drug-likeness (QED) is 0.497. The third-order valence-corrected chi connectivity index (χ3v) is 3.83. The maximum atomic E-state index is 12.9. The third kappa shape index (κ3) is 7.46. The second kappa shape index (κ2) is 10.8. The van der Waals surface area contributed by atoms with E-state index in [-0.39, 0.29) is 24.7 Å². The second-order valence-corrected chi connectivity index (χ2v) is 6.67. The van der Waals surface area contributed by atoms with Crippen molar-refractivity contribution in [2.75, 3.05) is 11.9 Å². The van der Waals surface area contributed by atoms with Gasteiger partial charge in [0, 0.05) is 17.7 Å². The third-order valence-electron chi connectivity index (χ3n) is 3.83. The molecule has 0 heterocycles. The first-order valence-corrected chi connectivity index (χ1v) is 9.30. The second-order valence-electron chi connectivity index (χ2n) is 6.67. The lowest BCUT2D eigenvalue weighted by Crippen LogP contribution is -2.21. The molecule has 0 saturated carbocycles. The number of hydrogen-bond acceptors (Lipinski definition) is 6. The number of ketones is 1. The molecule has 158 valence electrons. The number of halogens is 1. The van der Waals surface area contributed by atoms with Gasteiger partial charge in [-0.1, -0.05) is 0 Å². The van der Waals surface area contributed by atoms with Crippen LogP contribution in [0, 0.1) is 5.82 Å². The molecule has 8 heteroatoms. The zero-order valence-electron chi connectivity index (χ0n) is 16.6.